The molecule has 0 aliphatic rings. The molecule has 0 aromatic rings. The number of carbonyl (C=O) groups is 3. The Morgan fingerprint density at radius 2 is 1.83 bits per heavy atom. The third-order valence-electron chi connectivity index (χ3n) is 3.97. The Labute approximate surface area is 149 Å². The number of Topliss-reactive ketones (excluding diaryl/α,β-unsaturated/α-hetero) is 1. The van der Waals surface area contributed by atoms with Crippen molar-refractivity contribution >= 4 is 29.9 Å². The van der Waals surface area contributed by atoms with Crippen LogP contribution < -0.4 is 10.6 Å². The Morgan fingerprint density at radius 3 is 2.33 bits per heavy atom. The van der Waals surface area contributed by atoms with Crippen LogP contribution in [0.25, 0.3) is 0 Å². The summed E-state index contributed by atoms with van der Waals surface area (Å²) in [6.07, 6.45) is 3.42. The zero-order chi connectivity index (χ0) is 18.8. The molecule has 0 heterocycles. The number of carbonyl (C=O) groups excluding carboxylic acids is 3. The number of rotatable bonds is 13. The molecule has 0 fully saturated rings. The summed E-state index contributed by atoms with van der Waals surface area (Å²) in [5, 5.41) is 5.94. The third-order valence-corrected chi connectivity index (χ3v) is 5.24. The lowest BCUT2D eigenvalue weighted by molar-refractivity contribution is -0.131. The van der Waals surface area contributed by atoms with E-state index in [2.05, 4.69) is 24.5 Å². The van der Waals surface area contributed by atoms with Gasteiger partial charge >= 0.3 is 0 Å². The third kappa shape index (κ3) is 10.6. The van der Waals surface area contributed by atoms with Gasteiger partial charge < -0.3 is 15.4 Å². The zero-order valence-corrected chi connectivity index (χ0v) is 16.5. The van der Waals surface area contributed by atoms with Gasteiger partial charge in [0.15, 0.2) is 0 Å². The van der Waals surface area contributed by atoms with E-state index in [9.17, 15) is 14.4 Å². The number of thioether (sulfide) groups is 1. The molecular formula is C17H32N2O4S. The summed E-state index contributed by atoms with van der Waals surface area (Å²) < 4.78 is 4.77. The predicted octanol–water partition coefficient (Wildman–Crippen LogP) is 1.91. The molecule has 0 saturated heterocycles. The lowest BCUT2D eigenvalue weighted by Crippen LogP contribution is -2.42. The SMILES string of the molecule is CNC(C)(C)CC(=O)CCC(=O)NC(COC=O)CC(C)(C)SC. The van der Waals surface area contributed by atoms with Crippen LogP contribution in [0.4, 0.5) is 0 Å². The van der Waals surface area contributed by atoms with Crippen LogP contribution in [0.1, 0.15) is 53.4 Å². The Hall–Kier alpha value is -1.08. The van der Waals surface area contributed by atoms with Gasteiger partial charge in [-0.3, -0.25) is 14.4 Å². The molecule has 140 valence electrons. The first-order valence-corrected chi connectivity index (χ1v) is 9.38. The molecule has 0 saturated carbocycles. The van der Waals surface area contributed by atoms with E-state index in [1.807, 2.05) is 27.2 Å². The smallest absolute Gasteiger partial charge is 0.293 e. The van der Waals surface area contributed by atoms with E-state index in [1.165, 1.54) is 0 Å². The van der Waals surface area contributed by atoms with Crippen molar-refractivity contribution in [1.82, 2.24) is 10.6 Å². The molecule has 0 aliphatic heterocycles. The normalized spacial score (nSPS) is 13.2. The van der Waals surface area contributed by atoms with Crippen LogP contribution in [-0.4, -0.2) is 54.4 Å². The molecule has 0 bridgehead atoms. The Kier molecular flexibility index (Phi) is 10.2. The highest BCUT2D eigenvalue weighted by Gasteiger charge is 2.25. The number of ether oxygens (including phenoxy) is 1. The highest BCUT2D eigenvalue weighted by atomic mass is 32.2. The van der Waals surface area contributed by atoms with Crippen LogP contribution in [0.2, 0.25) is 0 Å². The largest absolute Gasteiger partial charge is 0.466 e. The first-order chi connectivity index (χ1) is 11.0. The van der Waals surface area contributed by atoms with Crippen molar-refractivity contribution in [1.29, 1.82) is 0 Å². The summed E-state index contributed by atoms with van der Waals surface area (Å²) >= 11 is 1.69. The molecule has 1 atom stereocenters. The first-order valence-electron chi connectivity index (χ1n) is 8.15. The summed E-state index contributed by atoms with van der Waals surface area (Å²) in [4.78, 5) is 34.5. The van der Waals surface area contributed by atoms with Crippen molar-refractivity contribution < 1.29 is 19.1 Å². The number of hydrogen-bond acceptors (Lipinski definition) is 6. The summed E-state index contributed by atoms with van der Waals surface area (Å²) in [5.41, 5.74) is -0.268. The first kappa shape index (κ1) is 22.9. The highest BCUT2D eigenvalue weighted by Crippen LogP contribution is 2.26. The van der Waals surface area contributed by atoms with E-state index in [4.69, 9.17) is 4.74 Å². The minimum atomic E-state index is -0.268. The van der Waals surface area contributed by atoms with E-state index in [0.29, 0.717) is 19.3 Å². The maximum atomic E-state index is 12.1. The minimum absolute atomic E-state index is 0.0448. The molecule has 0 aliphatic carbocycles. The molecule has 0 rings (SSSR count). The maximum Gasteiger partial charge on any atom is 0.293 e. The van der Waals surface area contributed by atoms with Gasteiger partial charge in [-0.15, -0.1) is 0 Å². The molecule has 2 N–H and O–H groups in total. The molecule has 0 spiro atoms. The Bertz CT molecular complexity index is 425. The summed E-state index contributed by atoms with van der Waals surface area (Å²) in [5.74, 6) is -0.142. The molecule has 24 heavy (non-hydrogen) atoms. The van der Waals surface area contributed by atoms with Crippen LogP contribution in [0.5, 0.6) is 0 Å². The average Bonchev–Trinajstić information content (AvgIpc) is 2.50. The van der Waals surface area contributed by atoms with Gasteiger partial charge in [0.1, 0.15) is 12.4 Å². The molecule has 0 aromatic heterocycles. The number of hydrogen-bond donors (Lipinski definition) is 2. The Balaban J connectivity index is 4.45. The van der Waals surface area contributed by atoms with Gasteiger partial charge in [0, 0.05) is 29.5 Å². The maximum absolute atomic E-state index is 12.1. The zero-order valence-electron chi connectivity index (χ0n) is 15.7. The van der Waals surface area contributed by atoms with Crippen molar-refractivity contribution in [2.24, 2.45) is 0 Å². The van der Waals surface area contributed by atoms with Gasteiger partial charge in [-0.1, -0.05) is 13.8 Å². The molecular weight excluding hydrogens is 328 g/mol. The standard InChI is InChI=1S/C17H32N2O4S/c1-16(2,18-5)10-14(21)7-8-15(22)19-13(11-23-12-20)9-17(3,4)24-6/h12-13,18H,7-11H2,1-6H3,(H,19,22). The van der Waals surface area contributed by atoms with Gasteiger partial charge in [-0.05, 0) is 33.6 Å². The lowest BCUT2D eigenvalue weighted by Gasteiger charge is -2.28. The molecule has 6 nitrogen and oxygen atoms in total. The summed E-state index contributed by atoms with van der Waals surface area (Å²) in [7, 11) is 1.81. The molecule has 7 heteroatoms. The predicted molar refractivity (Wildman–Crippen MR) is 98.2 cm³/mol. The van der Waals surface area contributed by atoms with Crippen LogP contribution in [-0.2, 0) is 19.1 Å². The van der Waals surface area contributed by atoms with Crippen LogP contribution >= 0.6 is 11.8 Å². The van der Waals surface area contributed by atoms with E-state index in [-0.39, 0.29) is 47.5 Å². The number of nitrogens with one attached hydrogen (secondary N) is 2. The second-order valence-corrected chi connectivity index (χ2v) is 8.72. The molecule has 0 radical (unpaired) electrons. The fourth-order valence-electron chi connectivity index (χ4n) is 2.21. The van der Waals surface area contributed by atoms with Crippen molar-refractivity contribution in [3.05, 3.63) is 0 Å². The highest BCUT2D eigenvalue weighted by molar-refractivity contribution is 7.99. The molecule has 0 aromatic carbocycles. The van der Waals surface area contributed by atoms with E-state index < -0.39 is 0 Å². The fourth-order valence-corrected chi connectivity index (χ4v) is 2.57. The quantitative estimate of drug-likeness (QED) is 0.488. The van der Waals surface area contributed by atoms with Crippen LogP contribution in [0.3, 0.4) is 0 Å². The summed E-state index contributed by atoms with van der Waals surface area (Å²) in [6.45, 7) is 8.56. The van der Waals surface area contributed by atoms with Crippen molar-refractivity contribution in [2.75, 3.05) is 19.9 Å². The van der Waals surface area contributed by atoms with Gasteiger partial charge in [0.25, 0.3) is 6.47 Å². The molecule has 1 unspecified atom stereocenters. The second-order valence-electron chi connectivity index (χ2n) is 7.21. The van der Waals surface area contributed by atoms with Gasteiger partial charge in [-0.25, -0.2) is 0 Å². The number of amides is 1. The topological polar surface area (TPSA) is 84.5 Å². The van der Waals surface area contributed by atoms with E-state index >= 15 is 0 Å². The van der Waals surface area contributed by atoms with Gasteiger partial charge in [0.05, 0.1) is 6.04 Å². The fraction of sp³-hybridized carbons (Fsp3) is 0.824. The van der Waals surface area contributed by atoms with Crippen LogP contribution in [0, 0.1) is 0 Å². The summed E-state index contributed by atoms with van der Waals surface area (Å²) in [6, 6.07) is -0.256. The van der Waals surface area contributed by atoms with Crippen molar-refractivity contribution in [3.8, 4) is 0 Å². The van der Waals surface area contributed by atoms with Crippen molar-refractivity contribution in [3.63, 3.8) is 0 Å². The van der Waals surface area contributed by atoms with Gasteiger partial charge in [0.2, 0.25) is 5.91 Å². The van der Waals surface area contributed by atoms with Gasteiger partial charge in [-0.2, -0.15) is 11.8 Å². The number of ketones is 1. The minimum Gasteiger partial charge on any atom is -0.466 e. The second kappa shape index (κ2) is 10.7. The molecule has 1 amide bonds. The van der Waals surface area contributed by atoms with Crippen LogP contribution in [0.15, 0.2) is 0 Å². The Morgan fingerprint density at radius 1 is 1.21 bits per heavy atom. The average molecular weight is 361 g/mol. The van der Waals surface area contributed by atoms with Crippen molar-refractivity contribution in [2.45, 2.75) is 69.7 Å². The van der Waals surface area contributed by atoms with E-state index in [1.54, 1.807) is 11.8 Å². The monoisotopic (exact) mass is 360 g/mol. The lowest BCUT2D eigenvalue weighted by atomic mass is 9.96. The van der Waals surface area contributed by atoms with E-state index in [0.717, 1.165) is 0 Å².